The molecule has 4 N–H and O–H groups in total. The van der Waals surface area contributed by atoms with Gasteiger partial charge in [0.1, 0.15) is 0 Å². The van der Waals surface area contributed by atoms with Crippen molar-refractivity contribution in [2.45, 2.75) is 0 Å². The zero-order chi connectivity index (χ0) is 14.3. The van der Waals surface area contributed by atoms with Crippen molar-refractivity contribution >= 4 is 29.6 Å². The van der Waals surface area contributed by atoms with E-state index in [-0.39, 0.29) is 11.5 Å². The van der Waals surface area contributed by atoms with Gasteiger partial charge in [0, 0.05) is 11.6 Å². The molecule has 0 aromatic heterocycles. The van der Waals surface area contributed by atoms with Crippen LogP contribution in [0.2, 0.25) is 0 Å². The molecule has 5 heteroatoms. The molecule has 0 radical (unpaired) electrons. The van der Waals surface area contributed by atoms with E-state index in [1.165, 1.54) is 17.0 Å². The fourth-order valence-electron chi connectivity index (χ4n) is 2.29. The van der Waals surface area contributed by atoms with Crippen LogP contribution in [0.5, 0.6) is 11.5 Å². The summed E-state index contributed by atoms with van der Waals surface area (Å²) in [5, 5.41) is 19.3. The number of para-hydroxylation sites is 1. The summed E-state index contributed by atoms with van der Waals surface area (Å²) in [5.74, 6) is -0.549. The lowest BCUT2D eigenvalue weighted by Gasteiger charge is -2.23. The number of carbonyl (C=O) groups excluding carboxylic acids is 1. The van der Waals surface area contributed by atoms with Gasteiger partial charge in [-0.3, -0.25) is 4.90 Å². The second kappa shape index (κ2) is 4.31. The van der Waals surface area contributed by atoms with Crippen LogP contribution in [0.4, 0.5) is 16.2 Å². The second-order valence-electron chi connectivity index (χ2n) is 4.47. The maximum absolute atomic E-state index is 11.8. The highest BCUT2D eigenvalue weighted by Gasteiger charge is 2.23. The Morgan fingerprint density at radius 1 is 0.950 bits per heavy atom. The molecule has 5 nitrogen and oxygen atoms in total. The summed E-state index contributed by atoms with van der Waals surface area (Å²) in [6.45, 7) is 0. The highest BCUT2D eigenvalue weighted by atomic mass is 16.3. The van der Waals surface area contributed by atoms with E-state index in [4.69, 9.17) is 5.73 Å². The van der Waals surface area contributed by atoms with E-state index in [0.29, 0.717) is 16.9 Å². The van der Waals surface area contributed by atoms with Crippen LogP contribution in [-0.2, 0) is 0 Å². The van der Waals surface area contributed by atoms with Gasteiger partial charge in [-0.1, -0.05) is 30.4 Å². The fraction of sp³-hybridized carbons (Fsp3) is 0. The third-order valence-corrected chi connectivity index (χ3v) is 3.21. The molecule has 0 spiro atoms. The zero-order valence-corrected chi connectivity index (χ0v) is 10.4. The minimum Gasteiger partial charge on any atom is -0.504 e. The molecule has 0 unspecified atom stereocenters. The van der Waals surface area contributed by atoms with Crippen LogP contribution in [-0.4, -0.2) is 16.2 Å². The maximum Gasteiger partial charge on any atom is 0.323 e. The number of fused-ring (bicyclic) bond motifs is 2. The molecule has 2 aromatic rings. The van der Waals surface area contributed by atoms with Crippen molar-refractivity contribution in [1.82, 2.24) is 0 Å². The Kier molecular flexibility index (Phi) is 2.61. The Bertz CT molecular complexity index is 738. The standard InChI is InChI=1S/C15H12N2O3/c16-15(20)17-11-4-2-1-3-9(11)5-6-10-7-13(18)14(19)8-12(10)17/h1-8,18-19H,(H2,16,20). The Labute approximate surface area is 115 Å². The van der Waals surface area contributed by atoms with E-state index in [0.717, 1.165) is 5.56 Å². The molecule has 0 aliphatic carbocycles. The number of phenols is 2. The molecule has 1 aliphatic heterocycles. The molecule has 0 bridgehead atoms. The van der Waals surface area contributed by atoms with Crippen molar-refractivity contribution in [2.24, 2.45) is 5.73 Å². The maximum atomic E-state index is 11.8. The van der Waals surface area contributed by atoms with E-state index in [1.807, 2.05) is 18.2 Å². The molecule has 1 heterocycles. The number of anilines is 2. The largest absolute Gasteiger partial charge is 0.504 e. The molecule has 1 aliphatic rings. The minimum atomic E-state index is -0.660. The first-order valence-electron chi connectivity index (χ1n) is 6.00. The topological polar surface area (TPSA) is 86.8 Å². The van der Waals surface area contributed by atoms with Gasteiger partial charge in [0.05, 0.1) is 11.4 Å². The average Bonchev–Trinajstić information content (AvgIpc) is 2.56. The van der Waals surface area contributed by atoms with Crippen LogP contribution in [0.15, 0.2) is 36.4 Å². The summed E-state index contributed by atoms with van der Waals surface area (Å²) in [6, 6.07) is 9.33. The van der Waals surface area contributed by atoms with Crippen molar-refractivity contribution < 1.29 is 15.0 Å². The molecule has 0 saturated heterocycles. The number of phenolic OH excluding ortho intramolecular Hbond substituents is 2. The number of benzene rings is 2. The summed E-state index contributed by atoms with van der Waals surface area (Å²) in [6.07, 6.45) is 3.59. The van der Waals surface area contributed by atoms with Crippen LogP contribution in [0.25, 0.3) is 12.2 Å². The first kappa shape index (κ1) is 12.1. The number of primary amides is 1. The zero-order valence-electron chi connectivity index (χ0n) is 10.4. The second-order valence-corrected chi connectivity index (χ2v) is 4.47. The van der Waals surface area contributed by atoms with Crippen molar-refractivity contribution in [1.29, 1.82) is 0 Å². The number of carbonyl (C=O) groups is 1. The average molecular weight is 268 g/mol. The molecule has 20 heavy (non-hydrogen) atoms. The lowest BCUT2D eigenvalue weighted by Crippen LogP contribution is -2.32. The predicted molar refractivity (Wildman–Crippen MR) is 76.9 cm³/mol. The molecule has 0 atom stereocenters. The smallest absolute Gasteiger partial charge is 0.323 e. The number of nitrogens with two attached hydrogens (primary N) is 1. The lowest BCUT2D eigenvalue weighted by molar-refractivity contribution is 0.256. The molecule has 0 saturated carbocycles. The molecule has 2 aromatic carbocycles. The van der Waals surface area contributed by atoms with E-state index < -0.39 is 6.03 Å². The van der Waals surface area contributed by atoms with E-state index in [1.54, 1.807) is 18.2 Å². The van der Waals surface area contributed by atoms with Gasteiger partial charge in [-0.05, 0) is 17.7 Å². The number of nitrogens with zero attached hydrogens (tertiary/aromatic N) is 1. The fourth-order valence-corrected chi connectivity index (χ4v) is 2.29. The number of aromatic hydroxyl groups is 2. The first-order chi connectivity index (χ1) is 9.58. The first-order valence-corrected chi connectivity index (χ1v) is 6.00. The normalized spacial score (nSPS) is 12.5. The monoisotopic (exact) mass is 268 g/mol. The molecule has 3 rings (SSSR count). The minimum absolute atomic E-state index is 0.247. The Morgan fingerprint density at radius 2 is 1.60 bits per heavy atom. The Balaban J connectivity index is 2.32. The van der Waals surface area contributed by atoms with Gasteiger partial charge >= 0.3 is 6.03 Å². The van der Waals surface area contributed by atoms with E-state index >= 15 is 0 Å². The van der Waals surface area contributed by atoms with Gasteiger partial charge in [-0.2, -0.15) is 0 Å². The van der Waals surface area contributed by atoms with Crippen LogP contribution < -0.4 is 10.6 Å². The summed E-state index contributed by atoms with van der Waals surface area (Å²) < 4.78 is 0. The van der Waals surface area contributed by atoms with Gasteiger partial charge in [0.2, 0.25) is 0 Å². The Morgan fingerprint density at radius 3 is 2.35 bits per heavy atom. The van der Waals surface area contributed by atoms with Crippen molar-refractivity contribution in [3.8, 4) is 11.5 Å². The number of rotatable bonds is 0. The summed E-state index contributed by atoms with van der Waals surface area (Å²) >= 11 is 0. The lowest BCUT2D eigenvalue weighted by atomic mass is 10.1. The number of urea groups is 1. The quantitative estimate of drug-likeness (QED) is 0.642. The van der Waals surface area contributed by atoms with Crippen molar-refractivity contribution in [3.05, 3.63) is 47.5 Å². The highest BCUT2D eigenvalue weighted by Crippen LogP contribution is 2.40. The van der Waals surface area contributed by atoms with Crippen LogP contribution in [0.1, 0.15) is 11.1 Å². The summed E-state index contributed by atoms with van der Waals surface area (Å²) in [7, 11) is 0. The van der Waals surface area contributed by atoms with Crippen LogP contribution in [0.3, 0.4) is 0 Å². The number of amides is 2. The third kappa shape index (κ3) is 1.76. The number of hydrogen-bond acceptors (Lipinski definition) is 3. The molecule has 2 amide bonds. The van der Waals surface area contributed by atoms with Gasteiger partial charge in [-0.25, -0.2) is 4.79 Å². The molecular weight excluding hydrogens is 256 g/mol. The van der Waals surface area contributed by atoms with E-state index in [9.17, 15) is 15.0 Å². The molecular formula is C15H12N2O3. The van der Waals surface area contributed by atoms with Crippen molar-refractivity contribution in [2.75, 3.05) is 4.90 Å². The third-order valence-electron chi connectivity index (χ3n) is 3.21. The SMILES string of the molecule is NC(=O)N1c2ccccc2C=Cc2cc(O)c(O)cc21. The Hall–Kier alpha value is -2.95. The molecule has 0 fully saturated rings. The van der Waals surface area contributed by atoms with Crippen molar-refractivity contribution in [3.63, 3.8) is 0 Å². The van der Waals surface area contributed by atoms with Crippen LogP contribution in [0, 0.1) is 0 Å². The summed E-state index contributed by atoms with van der Waals surface area (Å²) in [5.41, 5.74) is 7.93. The highest BCUT2D eigenvalue weighted by molar-refractivity contribution is 6.05. The summed E-state index contributed by atoms with van der Waals surface area (Å²) in [4.78, 5) is 13.1. The van der Waals surface area contributed by atoms with Gasteiger partial charge in [-0.15, -0.1) is 0 Å². The van der Waals surface area contributed by atoms with Gasteiger partial charge < -0.3 is 15.9 Å². The van der Waals surface area contributed by atoms with Crippen LogP contribution >= 0.6 is 0 Å². The number of hydrogen-bond donors (Lipinski definition) is 3. The van der Waals surface area contributed by atoms with E-state index in [2.05, 4.69) is 0 Å². The predicted octanol–water partition coefficient (Wildman–Crippen LogP) is 2.80. The van der Waals surface area contributed by atoms with Gasteiger partial charge in [0.15, 0.2) is 11.5 Å². The molecule has 100 valence electrons. The van der Waals surface area contributed by atoms with Gasteiger partial charge in [0.25, 0.3) is 0 Å².